The maximum Gasteiger partial charge on any atom is 0.254 e. The minimum Gasteiger partial charge on any atom is -0.399 e. The molecule has 2 N–H and O–H groups in total. The van der Waals surface area contributed by atoms with Gasteiger partial charge in [0.1, 0.15) is 0 Å². The van der Waals surface area contributed by atoms with Crippen LogP contribution in [0, 0.1) is 18.8 Å². The summed E-state index contributed by atoms with van der Waals surface area (Å²) in [6.07, 6.45) is 5.15. The molecular weight excluding hydrogens is 236 g/mol. The maximum atomic E-state index is 12.7. The van der Waals surface area contributed by atoms with Crippen molar-refractivity contribution in [3.05, 3.63) is 29.3 Å². The van der Waals surface area contributed by atoms with Crippen LogP contribution < -0.4 is 5.73 Å². The zero-order valence-corrected chi connectivity index (χ0v) is 11.7. The van der Waals surface area contributed by atoms with Gasteiger partial charge in [0.25, 0.3) is 5.91 Å². The van der Waals surface area contributed by atoms with Crippen LogP contribution in [0.3, 0.4) is 0 Å². The summed E-state index contributed by atoms with van der Waals surface area (Å²) in [6, 6.07) is 6.05. The molecule has 3 nitrogen and oxygen atoms in total. The summed E-state index contributed by atoms with van der Waals surface area (Å²) in [7, 11) is 1.96. The maximum absolute atomic E-state index is 12.7. The van der Waals surface area contributed by atoms with Crippen molar-refractivity contribution in [3.63, 3.8) is 0 Å². The van der Waals surface area contributed by atoms with E-state index < -0.39 is 0 Å². The van der Waals surface area contributed by atoms with E-state index in [1.807, 2.05) is 37.1 Å². The first kappa shape index (κ1) is 12.5. The van der Waals surface area contributed by atoms with Gasteiger partial charge in [-0.15, -0.1) is 0 Å². The van der Waals surface area contributed by atoms with Crippen LogP contribution in [0.25, 0.3) is 0 Å². The van der Waals surface area contributed by atoms with Crippen molar-refractivity contribution in [1.82, 2.24) is 4.90 Å². The third kappa shape index (κ3) is 2.46. The average molecular weight is 258 g/mol. The minimum atomic E-state index is 0.133. The molecule has 1 amide bonds. The smallest absolute Gasteiger partial charge is 0.254 e. The number of carbonyl (C=O) groups excluding carboxylic acids is 1. The lowest BCUT2D eigenvalue weighted by molar-refractivity contribution is 0.0689. The fourth-order valence-electron chi connectivity index (χ4n) is 3.09. The van der Waals surface area contributed by atoms with Crippen molar-refractivity contribution in [1.29, 1.82) is 0 Å². The normalized spacial score (nSPS) is 18.7. The second kappa shape index (κ2) is 4.55. The number of carbonyl (C=O) groups is 1. The molecule has 0 aliphatic heterocycles. The molecular formula is C16H22N2O. The van der Waals surface area contributed by atoms with Gasteiger partial charge in [0.05, 0.1) is 0 Å². The third-order valence-electron chi connectivity index (χ3n) is 4.47. The van der Waals surface area contributed by atoms with Crippen LogP contribution in [0.1, 0.15) is 41.6 Å². The van der Waals surface area contributed by atoms with Gasteiger partial charge in [-0.05, 0) is 62.1 Å². The Hall–Kier alpha value is -1.51. The Labute approximate surface area is 114 Å². The molecule has 2 fully saturated rings. The molecule has 0 unspecified atom stereocenters. The molecule has 1 aromatic carbocycles. The van der Waals surface area contributed by atoms with Gasteiger partial charge in [-0.1, -0.05) is 6.07 Å². The number of hydrogen-bond acceptors (Lipinski definition) is 2. The number of hydrogen-bond donors (Lipinski definition) is 1. The first-order valence-electron chi connectivity index (χ1n) is 7.21. The highest BCUT2D eigenvalue weighted by Crippen LogP contribution is 2.47. The molecule has 102 valence electrons. The van der Waals surface area contributed by atoms with Crippen LogP contribution in [0.5, 0.6) is 0 Å². The molecule has 0 saturated heterocycles. The summed E-state index contributed by atoms with van der Waals surface area (Å²) in [5.74, 6) is 1.61. The van der Waals surface area contributed by atoms with Crippen molar-refractivity contribution in [2.24, 2.45) is 11.8 Å². The molecule has 0 bridgehead atoms. The van der Waals surface area contributed by atoms with E-state index in [2.05, 4.69) is 0 Å². The molecule has 0 radical (unpaired) electrons. The summed E-state index contributed by atoms with van der Waals surface area (Å²) in [5, 5.41) is 0. The summed E-state index contributed by atoms with van der Waals surface area (Å²) in [5.41, 5.74) is 8.25. The molecule has 3 rings (SSSR count). The first-order valence-corrected chi connectivity index (χ1v) is 7.21. The fraction of sp³-hybridized carbons (Fsp3) is 0.562. The van der Waals surface area contributed by atoms with E-state index >= 15 is 0 Å². The number of aryl methyl sites for hydroxylation is 1. The van der Waals surface area contributed by atoms with Crippen molar-refractivity contribution in [2.45, 2.75) is 38.6 Å². The zero-order chi connectivity index (χ0) is 13.6. The third-order valence-corrected chi connectivity index (χ3v) is 4.47. The predicted molar refractivity (Wildman–Crippen MR) is 76.9 cm³/mol. The SMILES string of the molecule is Cc1ccc(N)cc1C(=O)N(C)C(C1CC1)C1CC1. The average Bonchev–Trinajstić information content (AvgIpc) is 3.24. The van der Waals surface area contributed by atoms with E-state index in [9.17, 15) is 4.79 Å². The van der Waals surface area contributed by atoms with E-state index in [0.717, 1.165) is 23.0 Å². The monoisotopic (exact) mass is 258 g/mol. The van der Waals surface area contributed by atoms with Gasteiger partial charge >= 0.3 is 0 Å². The number of rotatable bonds is 4. The van der Waals surface area contributed by atoms with Crippen LogP contribution in [0.15, 0.2) is 18.2 Å². The quantitative estimate of drug-likeness (QED) is 0.844. The van der Waals surface area contributed by atoms with Gasteiger partial charge in [-0.2, -0.15) is 0 Å². The molecule has 0 aromatic heterocycles. The first-order chi connectivity index (χ1) is 9.08. The Morgan fingerprint density at radius 2 is 1.84 bits per heavy atom. The van der Waals surface area contributed by atoms with E-state index in [1.54, 1.807) is 0 Å². The predicted octanol–water partition coefficient (Wildman–Crippen LogP) is 2.84. The van der Waals surface area contributed by atoms with Crippen LogP contribution in [-0.4, -0.2) is 23.9 Å². The van der Waals surface area contributed by atoms with Gasteiger partial charge in [0, 0.05) is 24.3 Å². The molecule has 1 aromatic rings. The van der Waals surface area contributed by atoms with Crippen LogP contribution in [-0.2, 0) is 0 Å². The van der Waals surface area contributed by atoms with E-state index in [1.165, 1.54) is 25.7 Å². The second-order valence-corrected chi connectivity index (χ2v) is 6.16. The summed E-state index contributed by atoms with van der Waals surface area (Å²) < 4.78 is 0. The largest absolute Gasteiger partial charge is 0.399 e. The second-order valence-electron chi connectivity index (χ2n) is 6.16. The highest BCUT2D eigenvalue weighted by Gasteiger charge is 2.45. The Kier molecular flexibility index (Phi) is 3.00. The number of nitrogen functional groups attached to an aromatic ring is 1. The number of benzene rings is 1. The van der Waals surface area contributed by atoms with Crippen molar-refractivity contribution < 1.29 is 4.79 Å². The van der Waals surface area contributed by atoms with E-state index in [0.29, 0.717) is 11.7 Å². The molecule has 3 heteroatoms. The Balaban J connectivity index is 1.83. The van der Waals surface area contributed by atoms with Crippen LogP contribution in [0.4, 0.5) is 5.69 Å². The zero-order valence-electron chi connectivity index (χ0n) is 11.7. The van der Waals surface area contributed by atoms with E-state index in [4.69, 9.17) is 5.73 Å². The minimum absolute atomic E-state index is 0.133. The molecule has 2 aliphatic rings. The highest BCUT2D eigenvalue weighted by molar-refractivity contribution is 5.96. The van der Waals surface area contributed by atoms with Crippen LogP contribution in [0.2, 0.25) is 0 Å². The lowest BCUT2D eigenvalue weighted by atomic mass is 10.0. The fourth-order valence-corrected chi connectivity index (χ4v) is 3.09. The number of amides is 1. The van der Waals surface area contributed by atoms with Gasteiger partial charge < -0.3 is 10.6 Å². The molecule has 0 spiro atoms. The Bertz CT molecular complexity index is 491. The summed E-state index contributed by atoms with van der Waals surface area (Å²) >= 11 is 0. The van der Waals surface area contributed by atoms with Crippen molar-refractivity contribution in [2.75, 3.05) is 12.8 Å². The van der Waals surface area contributed by atoms with Crippen molar-refractivity contribution in [3.8, 4) is 0 Å². The Morgan fingerprint density at radius 3 is 2.37 bits per heavy atom. The molecule has 0 atom stereocenters. The summed E-state index contributed by atoms with van der Waals surface area (Å²) in [4.78, 5) is 14.7. The van der Waals surface area contributed by atoms with Gasteiger partial charge in [0.2, 0.25) is 0 Å². The van der Waals surface area contributed by atoms with Crippen LogP contribution >= 0.6 is 0 Å². The highest BCUT2D eigenvalue weighted by atomic mass is 16.2. The molecule has 2 aliphatic carbocycles. The van der Waals surface area contributed by atoms with Crippen molar-refractivity contribution >= 4 is 11.6 Å². The number of nitrogens with two attached hydrogens (primary N) is 1. The van der Waals surface area contributed by atoms with Gasteiger partial charge in [0.15, 0.2) is 0 Å². The standard InChI is InChI=1S/C16H22N2O/c1-10-3-8-13(17)9-14(10)16(19)18(2)15(11-4-5-11)12-6-7-12/h3,8-9,11-12,15H,4-7,17H2,1-2H3. The van der Waals surface area contributed by atoms with E-state index in [-0.39, 0.29) is 5.91 Å². The molecule has 2 saturated carbocycles. The molecule has 19 heavy (non-hydrogen) atoms. The lowest BCUT2D eigenvalue weighted by Gasteiger charge is -2.29. The van der Waals surface area contributed by atoms with Gasteiger partial charge in [-0.25, -0.2) is 0 Å². The topological polar surface area (TPSA) is 46.3 Å². The summed E-state index contributed by atoms with van der Waals surface area (Å²) in [6.45, 7) is 1.98. The molecule has 0 heterocycles. The lowest BCUT2D eigenvalue weighted by Crippen LogP contribution is -2.40. The Morgan fingerprint density at radius 1 is 1.26 bits per heavy atom. The number of anilines is 1. The van der Waals surface area contributed by atoms with Gasteiger partial charge in [-0.3, -0.25) is 4.79 Å². The number of nitrogens with zero attached hydrogens (tertiary/aromatic N) is 1.